The van der Waals surface area contributed by atoms with Crippen molar-refractivity contribution in [2.24, 2.45) is 11.7 Å². The molecule has 0 aliphatic heterocycles. The Morgan fingerprint density at radius 1 is 1.30 bits per heavy atom. The molecule has 1 aromatic carbocycles. The summed E-state index contributed by atoms with van der Waals surface area (Å²) < 4.78 is 5.94. The van der Waals surface area contributed by atoms with Gasteiger partial charge in [-0.15, -0.1) is 0 Å². The van der Waals surface area contributed by atoms with E-state index in [1.54, 1.807) is 0 Å². The van der Waals surface area contributed by atoms with E-state index >= 15 is 0 Å². The molecular formula is C16H23N3O. The number of oxazole rings is 1. The van der Waals surface area contributed by atoms with E-state index in [2.05, 4.69) is 16.8 Å². The fourth-order valence-corrected chi connectivity index (χ4v) is 3.37. The van der Waals surface area contributed by atoms with Gasteiger partial charge in [-0.1, -0.05) is 25.0 Å². The van der Waals surface area contributed by atoms with Gasteiger partial charge in [-0.05, 0) is 44.4 Å². The van der Waals surface area contributed by atoms with Gasteiger partial charge in [-0.3, -0.25) is 0 Å². The standard InChI is InChI=1S/C16H23N3O/c1-2-19(14-9-5-3-7-12(14)11-17)16-18-13-8-4-6-10-15(13)20-16/h4,6,8,10,12,14H,2-3,5,7,9,11,17H2,1H3. The van der Waals surface area contributed by atoms with Gasteiger partial charge in [0, 0.05) is 12.6 Å². The molecule has 20 heavy (non-hydrogen) atoms. The summed E-state index contributed by atoms with van der Waals surface area (Å²) in [5.41, 5.74) is 7.76. The number of para-hydroxylation sites is 2. The minimum atomic E-state index is 0.465. The van der Waals surface area contributed by atoms with E-state index in [9.17, 15) is 0 Å². The monoisotopic (exact) mass is 273 g/mol. The Hall–Kier alpha value is -1.55. The number of nitrogens with two attached hydrogens (primary N) is 1. The Morgan fingerprint density at radius 2 is 2.10 bits per heavy atom. The van der Waals surface area contributed by atoms with E-state index in [1.165, 1.54) is 25.7 Å². The number of nitrogens with zero attached hydrogens (tertiary/aromatic N) is 2. The Balaban J connectivity index is 1.91. The largest absolute Gasteiger partial charge is 0.423 e. The van der Waals surface area contributed by atoms with Crippen molar-refractivity contribution in [1.29, 1.82) is 0 Å². The molecular weight excluding hydrogens is 250 g/mol. The lowest BCUT2D eigenvalue weighted by Gasteiger charge is -2.38. The zero-order chi connectivity index (χ0) is 13.9. The SMILES string of the molecule is CCN(c1nc2ccccc2o1)C1CCCCC1CN. The summed E-state index contributed by atoms with van der Waals surface area (Å²) in [5.74, 6) is 0.554. The molecule has 108 valence electrons. The van der Waals surface area contributed by atoms with Crippen LogP contribution in [0, 0.1) is 5.92 Å². The van der Waals surface area contributed by atoms with Crippen molar-refractivity contribution in [3.05, 3.63) is 24.3 Å². The molecule has 2 atom stereocenters. The van der Waals surface area contributed by atoms with E-state index in [0.29, 0.717) is 12.0 Å². The van der Waals surface area contributed by atoms with Crippen LogP contribution in [-0.4, -0.2) is 24.1 Å². The molecule has 4 heteroatoms. The van der Waals surface area contributed by atoms with E-state index in [4.69, 9.17) is 10.2 Å². The second-order valence-electron chi connectivity index (χ2n) is 5.60. The maximum Gasteiger partial charge on any atom is 0.298 e. The highest BCUT2D eigenvalue weighted by molar-refractivity contribution is 5.74. The highest BCUT2D eigenvalue weighted by Gasteiger charge is 2.30. The summed E-state index contributed by atoms with van der Waals surface area (Å²) in [7, 11) is 0. The minimum Gasteiger partial charge on any atom is -0.423 e. The summed E-state index contributed by atoms with van der Waals surface area (Å²) >= 11 is 0. The van der Waals surface area contributed by atoms with E-state index in [-0.39, 0.29) is 0 Å². The lowest BCUT2D eigenvalue weighted by molar-refractivity contribution is 0.292. The Kier molecular flexibility index (Phi) is 3.92. The average molecular weight is 273 g/mol. The lowest BCUT2D eigenvalue weighted by atomic mass is 9.83. The fourth-order valence-electron chi connectivity index (χ4n) is 3.37. The molecule has 0 bridgehead atoms. The smallest absolute Gasteiger partial charge is 0.298 e. The number of aromatic nitrogens is 1. The molecule has 2 N–H and O–H groups in total. The first-order valence-corrected chi connectivity index (χ1v) is 7.65. The Morgan fingerprint density at radius 3 is 2.85 bits per heavy atom. The predicted molar refractivity (Wildman–Crippen MR) is 81.8 cm³/mol. The van der Waals surface area contributed by atoms with Crippen LogP contribution >= 0.6 is 0 Å². The van der Waals surface area contributed by atoms with Gasteiger partial charge in [0.2, 0.25) is 0 Å². The number of anilines is 1. The highest BCUT2D eigenvalue weighted by Crippen LogP contribution is 2.32. The van der Waals surface area contributed by atoms with Gasteiger partial charge in [-0.25, -0.2) is 0 Å². The van der Waals surface area contributed by atoms with Crippen molar-refractivity contribution >= 4 is 17.1 Å². The summed E-state index contributed by atoms with van der Waals surface area (Å²) in [6, 6.07) is 9.16. The summed E-state index contributed by atoms with van der Waals surface area (Å²) in [5, 5.41) is 0. The molecule has 4 nitrogen and oxygen atoms in total. The molecule has 1 aromatic heterocycles. The second-order valence-corrected chi connectivity index (χ2v) is 5.60. The number of hydrogen-bond donors (Lipinski definition) is 1. The third kappa shape index (κ3) is 2.40. The van der Waals surface area contributed by atoms with Gasteiger partial charge in [-0.2, -0.15) is 4.98 Å². The molecule has 1 heterocycles. The van der Waals surface area contributed by atoms with Gasteiger partial charge in [0.25, 0.3) is 6.01 Å². The molecule has 0 spiro atoms. The van der Waals surface area contributed by atoms with E-state index < -0.39 is 0 Å². The Labute approximate surface area is 120 Å². The first-order valence-electron chi connectivity index (χ1n) is 7.65. The van der Waals surface area contributed by atoms with Crippen LogP contribution < -0.4 is 10.6 Å². The molecule has 1 saturated carbocycles. The zero-order valence-corrected chi connectivity index (χ0v) is 12.1. The average Bonchev–Trinajstić information content (AvgIpc) is 2.92. The van der Waals surface area contributed by atoms with Crippen LogP contribution in [0.25, 0.3) is 11.1 Å². The van der Waals surface area contributed by atoms with Crippen LogP contribution in [0.2, 0.25) is 0 Å². The molecule has 2 unspecified atom stereocenters. The molecule has 0 saturated heterocycles. The highest BCUT2D eigenvalue weighted by atomic mass is 16.4. The van der Waals surface area contributed by atoms with Crippen molar-refractivity contribution in [3.63, 3.8) is 0 Å². The van der Waals surface area contributed by atoms with Gasteiger partial charge in [0.05, 0.1) is 0 Å². The van der Waals surface area contributed by atoms with Crippen molar-refractivity contribution in [1.82, 2.24) is 4.98 Å². The van der Waals surface area contributed by atoms with E-state index in [1.807, 2.05) is 24.3 Å². The molecule has 1 aliphatic rings. The first kappa shape index (κ1) is 13.4. The molecule has 3 rings (SSSR count). The van der Waals surface area contributed by atoms with Gasteiger partial charge in [0.15, 0.2) is 5.58 Å². The Bertz CT molecular complexity index is 533. The van der Waals surface area contributed by atoms with E-state index in [0.717, 1.165) is 30.2 Å². The summed E-state index contributed by atoms with van der Waals surface area (Å²) in [6.45, 7) is 3.83. The summed E-state index contributed by atoms with van der Waals surface area (Å²) in [6.07, 6.45) is 4.98. The number of fused-ring (bicyclic) bond motifs is 1. The summed E-state index contributed by atoms with van der Waals surface area (Å²) in [4.78, 5) is 6.95. The topological polar surface area (TPSA) is 55.3 Å². The number of rotatable bonds is 4. The van der Waals surface area contributed by atoms with Crippen LogP contribution in [0.1, 0.15) is 32.6 Å². The van der Waals surface area contributed by atoms with Crippen LogP contribution in [0.15, 0.2) is 28.7 Å². The van der Waals surface area contributed by atoms with Crippen molar-refractivity contribution < 1.29 is 4.42 Å². The lowest BCUT2D eigenvalue weighted by Crippen LogP contribution is -2.45. The third-order valence-electron chi connectivity index (χ3n) is 4.44. The number of benzene rings is 1. The fraction of sp³-hybridized carbons (Fsp3) is 0.562. The van der Waals surface area contributed by atoms with Gasteiger partial charge < -0.3 is 15.1 Å². The third-order valence-corrected chi connectivity index (χ3v) is 4.44. The van der Waals surface area contributed by atoms with Gasteiger partial charge >= 0.3 is 0 Å². The van der Waals surface area contributed by atoms with Gasteiger partial charge in [0.1, 0.15) is 5.52 Å². The quantitative estimate of drug-likeness (QED) is 0.929. The second kappa shape index (κ2) is 5.83. The molecule has 1 aliphatic carbocycles. The van der Waals surface area contributed by atoms with Crippen molar-refractivity contribution in [3.8, 4) is 0 Å². The van der Waals surface area contributed by atoms with Crippen LogP contribution in [0.3, 0.4) is 0 Å². The molecule has 0 radical (unpaired) electrons. The van der Waals surface area contributed by atoms with Crippen molar-refractivity contribution in [2.45, 2.75) is 38.6 Å². The van der Waals surface area contributed by atoms with Crippen LogP contribution in [-0.2, 0) is 0 Å². The van der Waals surface area contributed by atoms with Crippen LogP contribution in [0.4, 0.5) is 6.01 Å². The minimum absolute atomic E-state index is 0.465. The first-order chi connectivity index (χ1) is 9.83. The zero-order valence-electron chi connectivity index (χ0n) is 12.1. The number of hydrogen-bond acceptors (Lipinski definition) is 4. The maximum atomic E-state index is 5.96. The molecule has 2 aromatic rings. The molecule has 1 fully saturated rings. The van der Waals surface area contributed by atoms with Crippen molar-refractivity contribution in [2.75, 3.05) is 18.0 Å². The molecule has 0 amide bonds. The normalized spacial score (nSPS) is 23.1. The predicted octanol–water partition coefficient (Wildman–Crippen LogP) is 3.17. The van der Waals surface area contributed by atoms with Crippen LogP contribution in [0.5, 0.6) is 0 Å². The maximum absolute atomic E-state index is 5.96.